The maximum absolute atomic E-state index is 9.21. The van der Waals surface area contributed by atoms with Crippen molar-refractivity contribution < 1.29 is 5.11 Å². The number of benzene rings is 1. The molecule has 0 spiro atoms. The van der Waals surface area contributed by atoms with Crippen LogP contribution in [-0.2, 0) is 6.54 Å². The van der Waals surface area contributed by atoms with Crippen molar-refractivity contribution in [3.8, 4) is 5.75 Å². The minimum atomic E-state index is 0.338. The van der Waals surface area contributed by atoms with Gasteiger partial charge >= 0.3 is 0 Å². The number of aromatic hydroxyl groups is 1. The van der Waals surface area contributed by atoms with Crippen LogP contribution < -0.4 is 5.32 Å². The van der Waals surface area contributed by atoms with Crippen LogP contribution in [0, 0.1) is 0 Å². The first kappa shape index (κ1) is 14.0. The van der Waals surface area contributed by atoms with E-state index in [4.69, 9.17) is 0 Å². The van der Waals surface area contributed by atoms with Gasteiger partial charge in [-0.05, 0) is 30.5 Å². The molecule has 0 bridgehead atoms. The van der Waals surface area contributed by atoms with E-state index in [2.05, 4.69) is 19.2 Å². The van der Waals surface area contributed by atoms with E-state index in [1.165, 1.54) is 37.7 Å². The van der Waals surface area contributed by atoms with Crippen molar-refractivity contribution in [2.45, 2.75) is 58.5 Å². The molecule has 0 aromatic heterocycles. The Labute approximate surface area is 105 Å². The van der Waals surface area contributed by atoms with Crippen LogP contribution in [0.4, 0.5) is 0 Å². The van der Waals surface area contributed by atoms with E-state index >= 15 is 0 Å². The van der Waals surface area contributed by atoms with Crippen molar-refractivity contribution in [1.29, 1.82) is 0 Å². The normalized spacial score (nSPS) is 12.6. The molecule has 2 heteroatoms. The molecule has 0 saturated carbocycles. The largest absolute Gasteiger partial charge is 0.508 e. The molecule has 17 heavy (non-hydrogen) atoms. The van der Waals surface area contributed by atoms with Crippen LogP contribution in [0.5, 0.6) is 5.75 Å². The fourth-order valence-corrected chi connectivity index (χ4v) is 2.02. The molecule has 0 aliphatic carbocycles. The van der Waals surface area contributed by atoms with E-state index in [1.807, 2.05) is 12.1 Å². The third kappa shape index (κ3) is 5.73. The molecule has 2 nitrogen and oxygen atoms in total. The van der Waals surface area contributed by atoms with E-state index in [-0.39, 0.29) is 0 Å². The van der Waals surface area contributed by atoms with Gasteiger partial charge in [-0.3, -0.25) is 0 Å². The highest BCUT2D eigenvalue weighted by Crippen LogP contribution is 2.11. The van der Waals surface area contributed by atoms with Gasteiger partial charge < -0.3 is 10.4 Å². The molecule has 0 radical (unpaired) electrons. The Morgan fingerprint density at radius 3 is 2.35 bits per heavy atom. The Bertz CT molecular complexity index is 294. The van der Waals surface area contributed by atoms with Gasteiger partial charge in [0.1, 0.15) is 5.75 Å². The summed E-state index contributed by atoms with van der Waals surface area (Å²) in [6, 6.07) is 8.08. The molecule has 0 aliphatic rings. The molecule has 1 aromatic carbocycles. The van der Waals surface area contributed by atoms with Gasteiger partial charge in [0, 0.05) is 12.6 Å². The van der Waals surface area contributed by atoms with Crippen LogP contribution in [0.15, 0.2) is 24.3 Å². The first-order valence-corrected chi connectivity index (χ1v) is 6.77. The van der Waals surface area contributed by atoms with Gasteiger partial charge in [-0.2, -0.15) is 0 Å². The topological polar surface area (TPSA) is 32.3 Å². The Balaban J connectivity index is 2.37. The minimum absolute atomic E-state index is 0.338. The van der Waals surface area contributed by atoms with E-state index in [1.54, 1.807) is 12.1 Å². The minimum Gasteiger partial charge on any atom is -0.508 e. The van der Waals surface area contributed by atoms with Crippen LogP contribution in [0.3, 0.4) is 0 Å². The first-order valence-electron chi connectivity index (χ1n) is 6.77. The second-order valence-electron chi connectivity index (χ2n) is 4.68. The standard InChI is InChI=1S/C15H25NO/c1-3-5-7-14(6-4-2)16-12-13-8-10-15(17)11-9-13/h8-11,14,16-17H,3-7,12H2,1-2H3. The lowest BCUT2D eigenvalue weighted by atomic mass is 10.0. The second kappa shape index (κ2) is 8.13. The predicted octanol–water partition coefficient (Wildman–Crippen LogP) is 3.84. The highest BCUT2D eigenvalue weighted by Gasteiger charge is 2.06. The number of unbranched alkanes of at least 4 members (excludes halogenated alkanes) is 1. The number of phenolic OH excluding ortho intramolecular Hbond substituents is 1. The van der Waals surface area contributed by atoms with Gasteiger partial charge in [-0.15, -0.1) is 0 Å². The zero-order valence-electron chi connectivity index (χ0n) is 11.1. The van der Waals surface area contributed by atoms with Crippen molar-refractivity contribution in [1.82, 2.24) is 5.32 Å². The van der Waals surface area contributed by atoms with Gasteiger partial charge in [0.25, 0.3) is 0 Å². The van der Waals surface area contributed by atoms with Crippen molar-refractivity contribution in [3.63, 3.8) is 0 Å². The molecule has 0 aliphatic heterocycles. The molecular weight excluding hydrogens is 210 g/mol. The van der Waals surface area contributed by atoms with Crippen LogP contribution in [0.1, 0.15) is 51.5 Å². The number of phenols is 1. The molecule has 2 N–H and O–H groups in total. The molecule has 1 aromatic rings. The summed E-state index contributed by atoms with van der Waals surface area (Å²) in [5.41, 5.74) is 1.24. The van der Waals surface area contributed by atoms with Gasteiger partial charge in [0.05, 0.1) is 0 Å². The van der Waals surface area contributed by atoms with Gasteiger partial charge in [-0.25, -0.2) is 0 Å². The summed E-state index contributed by atoms with van der Waals surface area (Å²) < 4.78 is 0. The van der Waals surface area contributed by atoms with Crippen molar-refractivity contribution in [2.75, 3.05) is 0 Å². The van der Waals surface area contributed by atoms with Crippen LogP contribution in [0.25, 0.3) is 0 Å². The summed E-state index contributed by atoms with van der Waals surface area (Å²) in [6.07, 6.45) is 6.31. The highest BCUT2D eigenvalue weighted by molar-refractivity contribution is 5.25. The molecule has 0 fully saturated rings. The van der Waals surface area contributed by atoms with Crippen LogP contribution in [-0.4, -0.2) is 11.1 Å². The molecule has 1 rings (SSSR count). The third-order valence-corrected chi connectivity index (χ3v) is 3.07. The molecule has 1 atom stereocenters. The van der Waals surface area contributed by atoms with E-state index in [9.17, 15) is 5.11 Å². The predicted molar refractivity (Wildman–Crippen MR) is 73.2 cm³/mol. The molecule has 1 unspecified atom stereocenters. The van der Waals surface area contributed by atoms with Crippen molar-refractivity contribution >= 4 is 0 Å². The lowest BCUT2D eigenvalue weighted by Gasteiger charge is -2.17. The highest BCUT2D eigenvalue weighted by atomic mass is 16.3. The average Bonchev–Trinajstić information content (AvgIpc) is 2.35. The molecule has 0 saturated heterocycles. The number of hydrogen-bond donors (Lipinski definition) is 2. The molecule has 96 valence electrons. The first-order chi connectivity index (χ1) is 8.26. The summed E-state index contributed by atoms with van der Waals surface area (Å²) in [5, 5.41) is 12.8. The Morgan fingerprint density at radius 1 is 1.06 bits per heavy atom. The summed E-state index contributed by atoms with van der Waals surface area (Å²) >= 11 is 0. The van der Waals surface area contributed by atoms with Crippen molar-refractivity contribution in [2.24, 2.45) is 0 Å². The van der Waals surface area contributed by atoms with E-state index in [0.717, 1.165) is 6.54 Å². The monoisotopic (exact) mass is 235 g/mol. The van der Waals surface area contributed by atoms with Crippen LogP contribution >= 0.6 is 0 Å². The number of nitrogens with one attached hydrogen (secondary N) is 1. The maximum Gasteiger partial charge on any atom is 0.115 e. The SMILES string of the molecule is CCCCC(CCC)NCc1ccc(O)cc1. The van der Waals surface area contributed by atoms with Gasteiger partial charge in [0.15, 0.2) is 0 Å². The van der Waals surface area contributed by atoms with Gasteiger partial charge in [0.2, 0.25) is 0 Å². The lowest BCUT2D eigenvalue weighted by molar-refractivity contribution is 0.433. The fourth-order valence-electron chi connectivity index (χ4n) is 2.02. The summed E-state index contributed by atoms with van der Waals surface area (Å²) in [7, 11) is 0. The van der Waals surface area contributed by atoms with E-state index < -0.39 is 0 Å². The zero-order chi connectivity index (χ0) is 12.5. The van der Waals surface area contributed by atoms with Crippen LogP contribution in [0.2, 0.25) is 0 Å². The number of hydrogen-bond acceptors (Lipinski definition) is 2. The third-order valence-electron chi connectivity index (χ3n) is 3.07. The Morgan fingerprint density at radius 2 is 1.76 bits per heavy atom. The molecule has 0 amide bonds. The lowest BCUT2D eigenvalue weighted by Crippen LogP contribution is -2.28. The maximum atomic E-state index is 9.21. The van der Waals surface area contributed by atoms with Crippen molar-refractivity contribution in [3.05, 3.63) is 29.8 Å². The molecule has 0 heterocycles. The fraction of sp³-hybridized carbons (Fsp3) is 0.600. The molecular formula is C15H25NO. The van der Waals surface area contributed by atoms with Gasteiger partial charge in [-0.1, -0.05) is 45.2 Å². The zero-order valence-corrected chi connectivity index (χ0v) is 11.1. The number of rotatable bonds is 8. The quantitative estimate of drug-likeness (QED) is 0.717. The Hall–Kier alpha value is -1.02. The summed E-state index contributed by atoms with van der Waals surface area (Å²) in [6.45, 7) is 5.37. The van der Waals surface area contributed by atoms with E-state index in [0.29, 0.717) is 11.8 Å². The smallest absolute Gasteiger partial charge is 0.115 e. The Kier molecular flexibility index (Phi) is 6.71. The summed E-state index contributed by atoms with van der Waals surface area (Å²) in [4.78, 5) is 0. The second-order valence-corrected chi connectivity index (χ2v) is 4.68. The summed E-state index contributed by atoms with van der Waals surface area (Å²) in [5.74, 6) is 0.338. The average molecular weight is 235 g/mol.